The van der Waals surface area contributed by atoms with Crippen molar-refractivity contribution in [2.45, 2.75) is 20.3 Å². The number of nitrogens with one attached hydrogen (secondary N) is 1. The van der Waals surface area contributed by atoms with Crippen molar-refractivity contribution >= 4 is 22.4 Å². The third-order valence-electron chi connectivity index (χ3n) is 5.21. The highest BCUT2D eigenvalue weighted by molar-refractivity contribution is 7.14. The first-order chi connectivity index (χ1) is 15.5. The number of benzene rings is 2. The molecule has 0 radical (unpaired) electrons. The standard InChI is InChI=1S/C24H24N4O3S/c1-15-19(16(2)28(27-15)18-8-6-5-7-9-18)13-23(29)26-24-25-20(14-32-24)17-10-11-21(30-3)22(12-17)31-4/h5-12,14H,13H2,1-4H3,(H,25,26,29). The number of nitrogens with zero attached hydrogens (tertiary/aromatic N) is 3. The first-order valence-electron chi connectivity index (χ1n) is 10.1. The van der Waals surface area contributed by atoms with Crippen LogP contribution in [0, 0.1) is 13.8 Å². The highest BCUT2D eigenvalue weighted by Gasteiger charge is 2.17. The minimum absolute atomic E-state index is 0.128. The summed E-state index contributed by atoms with van der Waals surface area (Å²) in [5.74, 6) is 1.16. The van der Waals surface area contributed by atoms with Gasteiger partial charge in [-0.05, 0) is 44.2 Å². The fourth-order valence-electron chi connectivity index (χ4n) is 3.53. The van der Waals surface area contributed by atoms with Crippen molar-refractivity contribution < 1.29 is 14.3 Å². The highest BCUT2D eigenvalue weighted by Crippen LogP contribution is 2.33. The van der Waals surface area contributed by atoms with Gasteiger partial charge in [0.2, 0.25) is 5.91 Å². The zero-order valence-corrected chi connectivity index (χ0v) is 19.2. The number of thiazole rings is 1. The smallest absolute Gasteiger partial charge is 0.230 e. The summed E-state index contributed by atoms with van der Waals surface area (Å²) in [4.78, 5) is 17.3. The van der Waals surface area contributed by atoms with Crippen molar-refractivity contribution in [2.24, 2.45) is 0 Å². The Morgan fingerprint density at radius 3 is 2.53 bits per heavy atom. The molecule has 1 N–H and O–H groups in total. The molecule has 164 valence electrons. The Hall–Kier alpha value is -3.65. The Morgan fingerprint density at radius 1 is 1.06 bits per heavy atom. The molecule has 0 atom stereocenters. The topological polar surface area (TPSA) is 78.3 Å². The van der Waals surface area contributed by atoms with E-state index in [0.717, 1.165) is 33.9 Å². The summed E-state index contributed by atoms with van der Waals surface area (Å²) in [6.45, 7) is 3.90. The third-order valence-corrected chi connectivity index (χ3v) is 5.97. The number of para-hydroxylation sites is 1. The fourth-order valence-corrected chi connectivity index (χ4v) is 4.27. The summed E-state index contributed by atoms with van der Waals surface area (Å²) >= 11 is 1.38. The number of rotatable bonds is 7. The van der Waals surface area contributed by atoms with Gasteiger partial charge in [-0.25, -0.2) is 9.67 Å². The van der Waals surface area contributed by atoms with Crippen LogP contribution in [0.3, 0.4) is 0 Å². The van der Waals surface area contributed by atoms with E-state index < -0.39 is 0 Å². The van der Waals surface area contributed by atoms with Crippen LogP contribution in [0.4, 0.5) is 5.13 Å². The van der Waals surface area contributed by atoms with E-state index in [0.29, 0.717) is 16.6 Å². The van der Waals surface area contributed by atoms with Crippen molar-refractivity contribution in [1.82, 2.24) is 14.8 Å². The number of ether oxygens (including phenoxy) is 2. The Balaban J connectivity index is 1.48. The molecule has 2 aromatic heterocycles. The van der Waals surface area contributed by atoms with Gasteiger partial charge >= 0.3 is 0 Å². The van der Waals surface area contributed by atoms with Gasteiger partial charge in [0, 0.05) is 22.2 Å². The molecule has 0 spiro atoms. The minimum atomic E-state index is -0.128. The average Bonchev–Trinajstić information content (AvgIpc) is 3.39. The maximum atomic E-state index is 12.7. The lowest BCUT2D eigenvalue weighted by Gasteiger charge is -2.08. The summed E-state index contributed by atoms with van der Waals surface area (Å²) in [5.41, 5.74) is 5.33. The van der Waals surface area contributed by atoms with Crippen LogP contribution in [0.15, 0.2) is 53.9 Å². The Morgan fingerprint density at radius 2 is 1.81 bits per heavy atom. The van der Waals surface area contributed by atoms with E-state index in [1.807, 2.05) is 72.4 Å². The molecule has 1 amide bonds. The summed E-state index contributed by atoms with van der Waals surface area (Å²) in [6, 6.07) is 15.5. The van der Waals surface area contributed by atoms with Crippen molar-refractivity contribution in [3.8, 4) is 28.4 Å². The van der Waals surface area contributed by atoms with E-state index >= 15 is 0 Å². The van der Waals surface area contributed by atoms with Crippen LogP contribution in [0.2, 0.25) is 0 Å². The molecule has 0 saturated carbocycles. The van der Waals surface area contributed by atoms with E-state index in [1.165, 1.54) is 11.3 Å². The second-order valence-electron chi connectivity index (χ2n) is 7.23. The number of hydrogen-bond acceptors (Lipinski definition) is 6. The van der Waals surface area contributed by atoms with Gasteiger partial charge in [0.15, 0.2) is 16.6 Å². The zero-order valence-electron chi connectivity index (χ0n) is 18.4. The van der Waals surface area contributed by atoms with E-state index in [4.69, 9.17) is 9.47 Å². The SMILES string of the molecule is COc1ccc(-c2csc(NC(=O)Cc3c(C)nn(-c4ccccc4)c3C)n2)cc1OC. The van der Waals surface area contributed by atoms with Crippen LogP contribution in [0.25, 0.3) is 16.9 Å². The van der Waals surface area contributed by atoms with Gasteiger partial charge in [-0.1, -0.05) is 18.2 Å². The third kappa shape index (κ3) is 4.36. The number of carbonyl (C=O) groups is 1. The molecule has 4 aromatic rings. The molecule has 2 aromatic carbocycles. The Bertz CT molecular complexity index is 1250. The lowest BCUT2D eigenvalue weighted by molar-refractivity contribution is -0.115. The van der Waals surface area contributed by atoms with Gasteiger partial charge in [-0.15, -0.1) is 11.3 Å². The maximum absolute atomic E-state index is 12.7. The molecule has 0 unspecified atom stereocenters. The van der Waals surface area contributed by atoms with Crippen LogP contribution in [0.5, 0.6) is 11.5 Å². The average molecular weight is 449 g/mol. The van der Waals surface area contributed by atoms with Crippen molar-refractivity contribution in [2.75, 3.05) is 19.5 Å². The Kier molecular flexibility index (Phi) is 6.23. The molecule has 0 aliphatic heterocycles. The first-order valence-corrected chi connectivity index (χ1v) is 11.0. The molecule has 0 bridgehead atoms. The number of methoxy groups -OCH3 is 2. The highest BCUT2D eigenvalue weighted by atomic mass is 32.1. The van der Waals surface area contributed by atoms with Gasteiger partial charge < -0.3 is 14.8 Å². The lowest BCUT2D eigenvalue weighted by atomic mass is 10.1. The van der Waals surface area contributed by atoms with Crippen LogP contribution in [0.1, 0.15) is 17.0 Å². The quantitative estimate of drug-likeness (QED) is 0.439. The fraction of sp³-hybridized carbons (Fsp3) is 0.208. The van der Waals surface area contributed by atoms with Gasteiger partial charge in [-0.3, -0.25) is 4.79 Å². The minimum Gasteiger partial charge on any atom is -0.493 e. The van der Waals surface area contributed by atoms with E-state index in [2.05, 4.69) is 15.4 Å². The molecule has 0 aliphatic carbocycles. The lowest BCUT2D eigenvalue weighted by Crippen LogP contribution is -2.15. The first kappa shape index (κ1) is 21.6. The second-order valence-corrected chi connectivity index (χ2v) is 8.09. The molecule has 32 heavy (non-hydrogen) atoms. The molecule has 4 rings (SSSR count). The van der Waals surface area contributed by atoms with Crippen molar-refractivity contribution in [3.63, 3.8) is 0 Å². The van der Waals surface area contributed by atoms with Gasteiger partial charge in [0.05, 0.1) is 37.7 Å². The summed E-state index contributed by atoms with van der Waals surface area (Å²) in [6.07, 6.45) is 0.232. The van der Waals surface area contributed by atoms with E-state index in [-0.39, 0.29) is 12.3 Å². The predicted molar refractivity (Wildman–Crippen MR) is 126 cm³/mol. The van der Waals surface area contributed by atoms with Crippen LogP contribution in [-0.4, -0.2) is 34.9 Å². The van der Waals surface area contributed by atoms with E-state index in [1.54, 1.807) is 14.2 Å². The molecular formula is C24H24N4O3S. The zero-order chi connectivity index (χ0) is 22.7. The number of hydrogen-bond donors (Lipinski definition) is 1. The summed E-state index contributed by atoms with van der Waals surface area (Å²) in [5, 5.41) is 9.98. The van der Waals surface area contributed by atoms with Crippen molar-refractivity contribution in [1.29, 1.82) is 0 Å². The largest absolute Gasteiger partial charge is 0.493 e. The Labute approximate surface area is 190 Å². The second kappa shape index (κ2) is 9.23. The van der Waals surface area contributed by atoms with Crippen LogP contribution < -0.4 is 14.8 Å². The monoisotopic (exact) mass is 448 g/mol. The normalized spacial score (nSPS) is 10.8. The molecule has 0 fully saturated rings. The van der Waals surface area contributed by atoms with Crippen LogP contribution >= 0.6 is 11.3 Å². The number of amides is 1. The maximum Gasteiger partial charge on any atom is 0.230 e. The number of carbonyl (C=O) groups excluding carboxylic acids is 1. The summed E-state index contributed by atoms with van der Waals surface area (Å²) < 4.78 is 12.5. The molecule has 2 heterocycles. The van der Waals surface area contributed by atoms with Gasteiger partial charge in [0.1, 0.15) is 0 Å². The van der Waals surface area contributed by atoms with Crippen LogP contribution in [-0.2, 0) is 11.2 Å². The number of aryl methyl sites for hydroxylation is 1. The molecule has 7 nitrogen and oxygen atoms in total. The summed E-state index contributed by atoms with van der Waals surface area (Å²) in [7, 11) is 3.19. The number of aromatic nitrogens is 3. The van der Waals surface area contributed by atoms with Gasteiger partial charge in [0.25, 0.3) is 0 Å². The van der Waals surface area contributed by atoms with Crippen molar-refractivity contribution in [3.05, 3.63) is 70.9 Å². The molecular weight excluding hydrogens is 424 g/mol. The molecule has 8 heteroatoms. The predicted octanol–water partition coefficient (Wildman–Crippen LogP) is 4.81. The molecule has 0 aliphatic rings. The van der Waals surface area contributed by atoms with E-state index in [9.17, 15) is 4.79 Å². The number of anilines is 1. The molecule has 0 saturated heterocycles. The van der Waals surface area contributed by atoms with Gasteiger partial charge in [-0.2, -0.15) is 5.10 Å².